The topological polar surface area (TPSA) is 75.4 Å². The first kappa shape index (κ1) is 13.9. The molecule has 0 amide bonds. The fraction of sp³-hybridized carbons (Fsp3) is 1.00. The number of hydrogen-bond acceptors (Lipinski definition) is 3. The predicted molar refractivity (Wildman–Crippen MR) is 65.2 cm³/mol. The number of rotatable bonds is 6. The smallest absolute Gasteiger partial charge is 0.279 e. The normalized spacial score (nSPS) is 21.1. The molecule has 1 heterocycles. The van der Waals surface area contributed by atoms with Crippen LogP contribution in [-0.2, 0) is 10.2 Å². The van der Waals surface area contributed by atoms with Crippen LogP contribution in [0, 0.1) is 5.92 Å². The van der Waals surface area contributed by atoms with Crippen molar-refractivity contribution in [2.75, 3.05) is 19.6 Å². The molecule has 1 fully saturated rings. The highest BCUT2D eigenvalue weighted by atomic mass is 32.2. The van der Waals surface area contributed by atoms with Crippen LogP contribution in [0.1, 0.15) is 33.6 Å². The van der Waals surface area contributed by atoms with Gasteiger partial charge in [-0.3, -0.25) is 0 Å². The minimum Gasteiger partial charge on any atom is -0.323 e. The summed E-state index contributed by atoms with van der Waals surface area (Å²) in [5.74, 6) is 0.314. The first-order valence-corrected chi connectivity index (χ1v) is 7.27. The fourth-order valence-corrected chi connectivity index (χ4v) is 3.43. The maximum Gasteiger partial charge on any atom is 0.279 e. The van der Waals surface area contributed by atoms with Crippen LogP contribution in [0.3, 0.4) is 0 Å². The zero-order valence-electron chi connectivity index (χ0n) is 10.4. The molecule has 5 nitrogen and oxygen atoms in total. The van der Waals surface area contributed by atoms with Crippen LogP contribution in [0.2, 0.25) is 0 Å². The van der Waals surface area contributed by atoms with Crippen molar-refractivity contribution >= 4 is 10.2 Å². The van der Waals surface area contributed by atoms with Gasteiger partial charge in [-0.05, 0) is 12.3 Å². The van der Waals surface area contributed by atoms with Gasteiger partial charge in [-0.1, -0.05) is 27.2 Å². The summed E-state index contributed by atoms with van der Waals surface area (Å²) >= 11 is 0. The van der Waals surface area contributed by atoms with Crippen LogP contribution >= 0.6 is 0 Å². The summed E-state index contributed by atoms with van der Waals surface area (Å²) < 4.78 is 27.5. The second-order valence-electron chi connectivity index (χ2n) is 5.13. The molecule has 16 heavy (non-hydrogen) atoms. The quantitative estimate of drug-likeness (QED) is 0.710. The molecular formula is C10H23N3O2S. The molecule has 1 rings (SSSR count). The Kier molecular flexibility index (Phi) is 4.34. The van der Waals surface area contributed by atoms with Crippen LogP contribution < -0.4 is 10.5 Å². The Morgan fingerprint density at radius 1 is 1.44 bits per heavy atom. The van der Waals surface area contributed by atoms with Gasteiger partial charge in [-0.15, -0.1) is 0 Å². The number of nitrogens with two attached hydrogens (primary N) is 1. The van der Waals surface area contributed by atoms with E-state index in [9.17, 15) is 8.42 Å². The van der Waals surface area contributed by atoms with Crippen molar-refractivity contribution in [1.82, 2.24) is 9.03 Å². The standard InChI is InChI=1S/C10H23N3O2S/c1-4-5-10(11)7-13(8-10)16(14,15)12-6-9(2)3/h9,12H,4-8,11H2,1-3H3. The van der Waals surface area contributed by atoms with Crippen LogP contribution in [0.5, 0.6) is 0 Å². The van der Waals surface area contributed by atoms with E-state index in [0.29, 0.717) is 25.6 Å². The van der Waals surface area contributed by atoms with Gasteiger partial charge in [-0.25, -0.2) is 4.72 Å². The summed E-state index contributed by atoms with van der Waals surface area (Å²) in [4.78, 5) is 0. The van der Waals surface area contributed by atoms with Crippen molar-refractivity contribution < 1.29 is 8.42 Å². The molecule has 0 aromatic rings. The number of hydrogen-bond donors (Lipinski definition) is 2. The Morgan fingerprint density at radius 2 is 2.00 bits per heavy atom. The molecule has 0 unspecified atom stereocenters. The number of nitrogens with zero attached hydrogens (tertiary/aromatic N) is 1. The molecule has 1 aliphatic rings. The largest absolute Gasteiger partial charge is 0.323 e. The molecule has 0 bridgehead atoms. The monoisotopic (exact) mass is 249 g/mol. The molecule has 0 radical (unpaired) electrons. The van der Waals surface area contributed by atoms with Crippen LogP contribution in [-0.4, -0.2) is 37.9 Å². The van der Waals surface area contributed by atoms with Crippen molar-refractivity contribution in [3.05, 3.63) is 0 Å². The highest BCUT2D eigenvalue weighted by Crippen LogP contribution is 2.25. The van der Waals surface area contributed by atoms with E-state index in [0.717, 1.165) is 12.8 Å². The van der Waals surface area contributed by atoms with E-state index in [1.807, 2.05) is 13.8 Å². The Labute approximate surface area is 98.6 Å². The maximum atomic E-state index is 11.8. The third kappa shape index (κ3) is 3.41. The summed E-state index contributed by atoms with van der Waals surface area (Å²) in [6.07, 6.45) is 1.87. The third-order valence-corrected chi connectivity index (χ3v) is 4.21. The minimum absolute atomic E-state index is 0.304. The van der Waals surface area contributed by atoms with Crippen molar-refractivity contribution in [2.24, 2.45) is 11.7 Å². The van der Waals surface area contributed by atoms with Crippen molar-refractivity contribution in [2.45, 2.75) is 39.2 Å². The number of nitrogens with one attached hydrogen (secondary N) is 1. The molecule has 3 N–H and O–H groups in total. The van der Waals surface area contributed by atoms with Gasteiger partial charge in [0.15, 0.2) is 0 Å². The predicted octanol–water partition coefficient (Wildman–Crippen LogP) is 0.290. The lowest BCUT2D eigenvalue weighted by Gasteiger charge is -2.46. The lowest BCUT2D eigenvalue weighted by molar-refractivity contribution is 0.145. The molecule has 0 aromatic heterocycles. The van der Waals surface area contributed by atoms with Gasteiger partial charge in [0.25, 0.3) is 10.2 Å². The zero-order valence-corrected chi connectivity index (χ0v) is 11.2. The van der Waals surface area contributed by atoms with E-state index in [1.54, 1.807) is 0 Å². The van der Waals surface area contributed by atoms with Crippen molar-refractivity contribution in [3.8, 4) is 0 Å². The average molecular weight is 249 g/mol. The zero-order chi connectivity index (χ0) is 12.4. The van der Waals surface area contributed by atoms with Gasteiger partial charge < -0.3 is 5.73 Å². The molecule has 1 saturated heterocycles. The molecular weight excluding hydrogens is 226 g/mol. The van der Waals surface area contributed by atoms with Crippen LogP contribution in [0.25, 0.3) is 0 Å². The lowest BCUT2D eigenvalue weighted by atomic mass is 9.89. The first-order valence-electron chi connectivity index (χ1n) is 5.83. The summed E-state index contributed by atoms with van der Waals surface area (Å²) in [7, 11) is -3.30. The molecule has 0 aliphatic carbocycles. The first-order chi connectivity index (χ1) is 7.29. The van der Waals surface area contributed by atoms with Crippen LogP contribution in [0.15, 0.2) is 0 Å². The molecule has 0 atom stereocenters. The summed E-state index contributed by atoms with van der Waals surface area (Å²) in [6, 6.07) is 0. The van der Waals surface area contributed by atoms with E-state index in [4.69, 9.17) is 5.73 Å². The van der Waals surface area contributed by atoms with E-state index < -0.39 is 10.2 Å². The highest BCUT2D eigenvalue weighted by Gasteiger charge is 2.44. The second kappa shape index (κ2) is 5.00. The SMILES string of the molecule is CCCC1(N)CN(S(=O)(=O)NCC(C)C)C1. The van der Waals surface area contributed by atoms with E-state index >= 15 is 0 Å². The summed E-state index contributed by atoms with van der Waals surface area (Å²) in [5.41, 5.74) is 5.72. The molecule has 6 heteroatoms. The summed E-state index contributed by atoms with van der Waals surface area (Å²) in [5, 5.41) is 0. The fourth-order valence-electron chi connectivity index (χ4n) is 1.85. The molecule has 1 aliphatic heterocycles. The average Bonchev–Trinajstić information content (AvgIpc) is 2.11. The van der Waals surface area contributed by atoms with Crippen molar-refractivity contribution in [1.29, 1.82) is 0 Å². The van der Waals surface area contributed by atoms with E-state index in [1.165, 1.54) is 4.31 Å². The van der Waals surface area contributed by atoms with Gasteiger partial charge in [0.2, 0.25) is 0 Å². The second-order valence-corrected chi connectivity index (χ2v) is 6.88. The maximum absolute atomic E-state index is 11.8. The van der Waals surface area contributed by atoms with Gasteiger partial charge >= 0.3 is 0 Å². The highest BCUT2D eigenvalue weighted by molar-refractivity contribution is 7.87. The Hall–Kier alpha value is -0.170. The lowest BCUT2D eigenvalue weighted by Crippen LogP contribution is -2.69. The van der Waals surface area contributed by atoms with Gasteiger partial charge in [-0.2, -0.15) is 12.7 Å². The summed E-state index contributed by atoms with van der Waals surface area (Å²) in [6.45, 7) is 7.36. The molecule has 0 spiro atoms. The van der Waals surface area contributed by atoms with Gasteiger partial charge in [0.05, 0.1) is 0 Å². The Bertz CT molecular complexity index is 321. The van der Waals surface area contributed by atoms with E-state index in [2.05, 4.69) is 11.6 Å². The van der Waals surface area contributed by atoms with E-state index in [-0.39, 0.29) is 5.54 Å². The third-order valence-electron chi connectivity index (χ3n) is 2.74. The molecule has 96 valence electrons. The Morgan fingerprint density at radius 3 is 2.44 bits per heavy atom. The van der Waals surface area contributed by atoms with Crippen molar-refractivity contribution in [3.63, 3.8) is 0 Å². The molecule has 0 aromatic carbocycles. The minimum atomic E-state index is -3.30. The van der Waals surface area contributed by atoms with Gasteiger partial charge in [0.1, 0.15) is 0 Å². The van der Waals surface area contributed by atoms with Gasteiger partial charge in [0, 0.05) is 25.2 Å². The Balaban J connectivity index is 2.44. The molecule has 0 saturated carbocycles. The van der Waals surface area contributed by atoms with Crippen LogP contribution in [0.4, 0.5) is 0 Å².